The second-order valence-corrected chi connectivity index (χ2v) is 5.74. The number of carbonyl (C=O) groups is 4. The Bertz CT molecular complexity index is 484. The highest BCUT2D eigenvalue weighted by molar-refractivity contribution is 6.05. The molecule has 0 radical (unpaired) electrons. The molecule has 1 fully saturated rings. The SMILES string of the molecule is CCCNC(=O)C(C)OCC.CNC(=O)CCN1C(=O)CC(NC)C1=O. The van der Waals surface area contributed by atoms with Gasteiger partial charge in [0.25, 0.3) is 0 Å². The van der Waals surface area contributed by atoms with Crippen molar-refractivity contribution in [3.63, 3.8) is 0 Å². The molecular weight excluding hydrogens is 340 g/mol. The van der Waals surface area contributed by atoms with Crippen LogP contribution in [0.1, 0.15) is 40.0 Å². The maximum Gasteiger partial charge on any atom is 0.248 e. The van der Waals surface area contributed by atoms with Crippen molar-refractivity contribution < 1.29 is 23.9 Å². The van der Waals surface area contributed by atoms with Gasteiger partial charge in [0.2, 0.25) is 23.6 Å². The zero-order valence-electron chi connectivity index (χ0n) is 16.4. The lowest BCUT2D eigenvalue weighted by Gasteiger charge is -2.13. The van der Waals surface area contributed by atoms with Crippen LogP contribution in [0.2, 0.25) is 0 Å². The van der Waals surface area contributed by atoms with Crippen LogP contribution in [-0.2, 0) is 23.9 Å². The van der Waals surface area contributed by atoms with Crippen molar-refractivity contribution in [3.8, 4) is 0 Å². The van der Waals surface area contributed by atoms with E-state index < -0.39 is 6.04 Å². The van der Waals surface area contributed by atoms with E-state index in [1.165, 1.54) is 7.05 Å². The third-order valence-electron chi connectivity index (χ3n) is 3.77. The first-order valence-electron chi connectivity index (χ1n) is 8.93. The summed E-state index contributed by atoms with van der Waals surface area (Å²) in [4.78, 5) is 46.1. The largest absolute Gasteiger partial charge is 0.369 e. The molecule has 2 unspecified atom stereocenters. The molecule has 1 rings (SSSR count). The number of imide groups is 1. The fourth-order valence-electron chi connectivity index (χ4n) is 2.20. The van der Waals surface area contributed by atoms with E-state index in [0.29, 0.717) is 6.61 Å². The first-order valence-corrected chi connectivity index (χ1v) is 8.93. The van der Waals surface area contributed by atoms with E-state index in [1.54, 1.807) is 14.0 Å². The Morgan fingerprint density at radius 3 is 2.38 bits per heavy atom. The van der Waals surface area contributed by atoms with E-state index >= 15 is 0 Å². The summed E-state index contributed by atoms with van der Waals surface area (Å²) in [6, 6.07) is -0.429. The molecule has 0 aromatic heterocycles. The Labute approximate surface area is 155 Å². The standard InChI is InChI=1S/C9H15N3O3.C8H17NO2/c1-10-6-5-8(14)12(9(6)15)4-3-7(13)11-2;1-4-6-9-8(10)7(3)11-5-2/h6,10H,3-5H2,1-2H3,(H,11,13);7H,4-6H2,1-3H3,(H,9,10). The Morgan fingerprint density at radius 1 is 1.27 bits per heavy atom. The number of likely N-dealkylation sites (N-methyl/N-ethyl adjacent to an activating group) is 1. The van der Waals surface area contributed by atoms with E-state index in [0.717, 1.165) is 17.9 Å². The smallest absolute Gasteiger partial charge is 0.248 e. The van der Waals surface area contributed by atoms with Crippen LogP contribution in [-0.4, -0.2) is 74.5 Å². The number of nitrogens with one attached hydrogen (secondary N) is 3. The Kier molecular flexibility index (Phi) is 12.2. The lowest BCUT2D eigenvalue weighted by molar-refractivity contribution is -0.139. The quantitative estimate of drug-likeness (QED) is 0.466. The summed E-state index contributed by atoms with van der Waals surface area (Å²) >= 11 is 0. The van der Waals surface area contributed by atoms with E-state index in [9.17, 15) is 19.2 Å². The summed E-state index contributed by atoms with van der Waals surface area (Å²) in [5.41, 5.74) is 0. The first kappa shape index (κ1) is 24.0. The number of nitrogens with zero attached hydrogens (tertiary/aromatic N) is 1. The Morgan fingerprint density at radius 2 is 1.92 bits per heavy atom. The van der Waals surface area contributed by atoms with Crippen LogP contribution in [0.15, 0.2) is 0 Å². The van der Waals surface area contributed by atoms with Gasteiger partial charge in [0.15, 0.2) is 0 Å². The van der Waals surface area contributed by atoms with Crippen LogP contribution in [0.4, 0.5) is 0 Å². The summed E-state index contributed by atoms with van der Waals surface area (Å²) in [7, 11) is 3.16. The number of rotatable bonds is 9. The van der Waals surface area contributed by atoms with Crippen molar-refractivity contribution in [1.82, 2.24) is 20.9 Å². The molecule has 0 spiro atoms. The number of hydrogen-bond donors (Lipinski definition) is 3. The van der Waals surface area contributed by atoms with Gasteiger partial charge in [0, 0.05) is 33.2 Å². The van der Waals surface area contributed by atoms with Crippen molar-refractivity contribution >= 4 is 23.6 Å². The number of amides is 4. The molecule has 9 heteroatoms. The summed E-state index contributed by atoms with van der Waals surface area (Å²) < 4.78 is 5.09. The molecule has 0 bridgehead atoms. The highest BCUT2D eigenvalue weighted by atomic mass is 16.5. The van der Waals surface area contributed by atoms with Gasteiger partial charge in [-0.1, -0.05) is 6.92 Å². The van der Waals surface area contributed by atoms with Gasteiger partial charge < -0.3 is 20.7 Å². The van der Waals surface area contributed by atoms with Gasteiger partial charge in [-0.25, -0.2) is 0 Å². The molecule has 0 aromatic rings. The second kappa shape index (κ2) is 13.2. The molecule has 9 nitrogen and oxygen atoms in total. The predicted octanol–water partition coefficient (Wildman–Crippen LogP) is -0.593. The average Bonchev–Trinajstić information content (AvgIpc) is 2.91. The van der Waals surface area contributed by atoms with Crippen LogP contribution >= 0.6 is 0 Å². The van der Waals surface area contributed by atoms with Crippen LogP contribution in [0.5, 0.6) is 0 Å². The summed E-state index contributed by atoms with van der Waals surface area (Å²) in [5.74, 6) is -0.660. The van der Waals surface area contributed by atoms with Gasteiger partial charge >= 0.3 is 0 Å². The lowest BCUT2D eigenvalue weighted by atomic mass is 10.2. The van der Waals surface area contributed by atoms with Crippen LogP contribution in [0.3, 0.4) is 0 Å². The maximum absolute atomic E-state index is 11.6. The number of likely N-dealkylation sites (tertiary alicyclic amines) is 1. The van der Waals surface area contributed by atoms with Crippen molar-refractivity contribution in [1.29, 1.82) is 0 Å². The topological polar surface area (TPSA) is 117 Å². The highest BCUT2D eigenvalue weighted by Crippen LogP contribution is 2.12. The Hall–Kier alpha value is -2.00. The van der Waals surface area contributed by atoms with Gasteiger partial charge in [-0.15, -0.1) is 0 Å². The van der Waals surface area contributed by atoms with Crippen LogP contribution < -0.4 is 16.0 Å². The number of ether oxygens (including phenoxy) is 1. The fraction of sp³-hybridized carbons (Fsp3) is 0.765. The zero-order valence-corrected chi connectivity index (χ0v) is 16.4. The third kappa shape index (κ3) is 8.39. The molecule has 1 saturated heterocycles. The predicted molar refractivity (Wildman–Crippen MR) is 97.3 cm³/mol. The van der Waals surface area contributed by atoms with Gasteiger partial charge in [-0.05, 0) is 27.3 Å². The van der Waals surface area contributed by atoms with Gasteiger partial charge in [-0.3, -0.25) is 24.1 Å². The summed E-state index contributed by atoms with van der Waals surface area (Å²) in [6.45, 7) is 7.14. The van der Waals surface area contributed by atoms with E-state index in [1.807, 2.05) is 13.8 Å². The molecule has 0 saturated carbocycles. The summed E-state index contributed by atoms with van der Waals surface area (Å²) in [6.07, 6.45) is 0.990. The molecule has 3 N–H and O–H groups in total. The molecule has 0 aliphatic carbocycles. The monoisotopic (exact) mass is 372 g/mol. The van der Waals surface area contributed by atoms with Gasteiger partial charge in [-0.2, -0.15) is 0 Å². The number of hydrogen-bond acceptors (Lipinski definition) is 6. The van der Waals surface area contributed by atoms with E-state index in [2.05, 4.69) is 16.0 Å². The Balaban J connectivity index is 0.000000508. The van der Waals surface area contributed by atoms with Crippen molar-refractivity contribution in [2.24, 2.45) is 0 Å². The van der Waals surface area contributed by atoms with E-state index in [4.69, 9.17) is 4.74 Å². The zero-order chi connectivity index (χ0) is 20.1. The van der Waals surface area contributed by atoms with Gasteiger partial charge in [0.05, 0.1) is 12.5 Å². The molecule has 26 heavy (non-hydrogen) atoms. The van der Waals surface area contributed by atoms with Crippen molar-refractivity contribution in [3.05, 3.63) is 0 Å². The molecule has 4 amide bonds. The molecule has 0 aromatic carbocycles. The fourth-order valence-corrected chi connectivity index (χ4v) is 2.20. The first-order chi connectivity index (χ1) is 12.3. The van der Waals surface area contributed by atoms with Crippen LogP contribution in [0, 0.1) is 0 Å². The van der Waals surface area contributed by atoms with Crippen LogP contribution in [0.25, 0.3) is 0 Å². The van der Waals surface area contributed by atoms with E-state index in [-0.39, 0.29) is 49.1 Å². The second-order valence-electron chi connectivity index (χ2n) is 5.74. The molecule has 1 aliphatic heterocycles. The highest BCUT2D eigenvalue weighted by Gasteiger charge is 2.37. The maximum atomic E-state index is 11.6. The van der Waals surface area contributed by atoms with Gasteiger partial charge in [0.1, 0.15) is 6.10 Å². The lowest BCUT2D eigenvalue weighted by Crippen LogP contribution is -2.38. The number of carbonyl (C=O) groups excluding carboxylic acids is 4. The van der Waals surface area contributed by atoms with Crippen molar-refractivity contribution in [2.45, 2.75) is 52.2 Å². The molecule has 1 heterocycles. The summed E-state index contributed by atoms with van der Waals surface area (Å²) in [5, 5.41) is 7.96. The normalized spacial score (nSPS) is 17.4. The molecule has 1 aliphatic rings. The molecular formula is C17H32N4O5. The minimum absolute atomic E-state index is 0.0197. The molecule has 150 valence electrons. The average molecular weight is 372 g/mol. The van der Waals surface area contributed by atoms with Crippen molar-refractivity contribution in [2.75, 3.05) is 33.8 Å². The molecule has 2 atom stereocenters. The third-order valence-corrected chi connectivity index (χ3v) is 3.77. The minimum atomic E-state index is -0.429. The minimum Gasteiger partial charge on any atom is -0.369 e.